The summed E-state index contributed by atoms with van der Waals surface area (Å²) in [6.07, 6.45) is 10.6. The summed E-state index contributed by atoms with van der Waals surface area (Å²) >= 11 is 0. The van der Waals surface area contributed by atoms with Crippen molar-refractivity contribution in [3.63, 3.8) is 0 Å². The van der Waals surface area contributed by atoms with E-state index in [1.54, 1.807) is 22.0 Å². The highest BCUT2D eigenvalue weighted by molar-refractivity contribution is 5.99. The van der Waals surface area contributed by atoms with Crippen LogP contribution >= 0.6 is 0 Å². The van der Waals surface area contributed by atoms with E-state index in [1.165, 1.54) is 0 Å². The third kappa shape index (κ3) is 3.69. The number of fused-ring (bicyclic) bond motifs is 2. The zero-order valence-corrected chi connectivity index (χ0v) is 18.1. The van der Waals surface area contributed by atoms with Gasteiger partial charge in [0.15, 0.2) is 0 Å². The van der Waals surface area contributed by atoms with Gasteiger partial charge in [-0.1, -0.05) is 31.6 Å². The largest absolute Gasteiger partial charge is 0.461 e. The van der Waals surface area contributed by atoms with Crippen molar-refractivity contribution in [1.82, 2.24) is 9.80 Å². The van der Waals surface area contributed by atoms with Crippen molar-refractivity contribution in [2.75, 3.05) is 32.8 Å². The molecule has 0 aromatic carbocycles. The van der Waals surface area contributed by atoms with E-state index >= 15 is 0 Å². The predicted molar refractivity (Wildman–Crippen MR) is 112 cm³/mol. The number of aliphatic hydroxyl groups is 1. The van der Waals surface area contributed by atoms with Crippen LogP contribution in [-0.4, -0.2) is 83.3 Å². The van der Waals surface area contributed by atoms with Gasteiger partial charge in [0, 0.05) is 26.2 Å². The van der Waals surface area contributed by atoms with E-state index < -0.39 is 35.6 Å². The van der Waals surface area contributed by atoms with Gasteiger partial charge < -0.3 is 24.4 Å². The topological polar surface area (TPSA) is 96.4 Å². The zero-order chi connectivity index (χ0) is 22.0. The van der Waals surface area contributed by atoms with E-state index in [1.807, 2.05) is 12.2 Å². The molecule has 0 radical (unpaired) electrons. The van der Waals surface area contributed by atoms with E-state index in [0.29, 0.717) is 32.5 Å². The molecule has 0 aromatic rings. The highest BCUT2D eigenvalue weighted by atomic mass is 16.6. The molecule has 4 aliphatic heterocycles. The Labute approximate surface area is 182 Å². The molecular weight excluding hydrogens is 400 g/mol. The maximum Gasteiger partial charge on any atom is 0.313 e. The Hall–Kier alpha value is -2.19. The number of unbranched alkanes of at least 4 members (excludes halogenated alkanes) is 3. The maximum atomic E-state index is 13.7. The van der Waals surface area contributed by atoms with E-state index in [-0.39, 0.29) is 25.0 Å². The molecule has 4 rings (SSSR count). The fraction of sp³-hybridized carbons (Fsp3) is 0.696. The molecule has 31 heavy (non-hydrogen) atoms. The minimum Gasteiger partial charge on any atom is -0.461 e. The Bertz CT molecular complexity index is 780. The van der Waals surface area contributed by atoms with Gasteiger partial charge in [-0.3, -0.25) is 14.4 Å². The van der Waals surface area contributed by atoms with Crippen LogP contribution in [0.1, 0.15) is 39.0 Å². The number of aliphatic hydroxyl groups excluding tert-OH is 1. The maximum absolute atomic E-state index is 13.7. The first-order valence-electron chi connectivity index (χ1n) is 11.4. The van der Waals surface area contributed by atoms with Crippen LogP contribution in [0.15, 0.2) is 24.3 Å². The van der Waals surface area contributed by atoms with Gasteiger partial charge in [-0.15, -0.1) is 0 Å². The van der Waals surface area contributed by atoms with Crippen LogP contribution in [0, 0.1) is 11.8 Å². The summed E-state index contributed by atoms with van der Waals surface area (Å²) in [5, 5.41) is 9.08. The summed E-state index contributed by atoms with van der Waals surface area (Å²) in [6, 6.07) is -0.789. The average Bonchev–Trinajstić information content (AvgIpc) is 3.05. The number of hydrogen-bond donors (Lipinski definition) is 1. The molecule has 1 unspecified atom stereocenters. The number of cyclic esters (lactones) is 1. The minimum absolute atomic E-state index is 0.0987. The lowest BCUT2D eigenvalue weighted by molar-refractivity contribution is -0.153. The van der Waals surface area contributed by atoms with E-state index in [9.17, 15) is 14.4 Å². The van der Waals surface area contributed by atoms with Crippen molar-refractivity contribution in [2.24, 2.45) is 11.8 Å². The SMILES string of the molecule is CCCCN1CC=C[C@]23O[C@H]4C=CCOC(=O)[C@H]4[C@H]2C(=O)N(CCCCCO)C3C1=O. The second-order valence-corrected chi connectivity index (χ2v) is 8.76. The number of esters is 1. The van der Waals surface area contributed by atoms with Crippen LogP contribution < -0.4 is 0 Å². The third-order valence-corrected chi connectivity index (χ3v) is 6.84. The summed E-state index contributed by atoms with van der Waals surface area (Å²) in [5.74, 6) is -2.31. The van der Waals surface area contributed by atoms with Crippen molar-refractivity contribution in [3.8, 4) is 0 Å². The smallest absolute Gasteiger partial charge is 0.313 e. The molecule has 0 saturated carbocycles. The van der Waals surface area contributed by atoms with Crippen molar-refractivity contribution >= 4 is 17.8 Å². The van der Waals surface area contributed by atoms with Crippen LogP contribution in [0.5, 0.6) is 0 Å². The molecular formula is C23H32N2O6. The Morgan fingerprint density at radius 1 is 1.10 bits per heavy atom. The fourth-order valence-electron chi connectivity index (χ4n) is 5.38. The van der Waals surface area contributed by atoms with Gasteiger partial charge in [0.1, 0.15) is 24.2 Å². The average molecular weight is 433 g/mol. The van der Waals surface area contributed by atoms with Crippen LogP contribution in [0.2, 0.25) is 0 Å². The Morgan fingerprint density at radius 2 is 1.94 bits per heavy atom. The molecule has 0 aromatic heterocycles. The first-order chi connectivity index (χ1) is 15.0. The second-order valence-electron chi connectivity index (χ2n) is 8.76. The molecule has 0 bridgehead atoms. The van der Waals surface area contributed by atoms with Crippen LogP contribution in [0.3, 0.4) is 0 Å². The highest BCUT2D eigenvalue weighted by Gasteiger charge is 2.71. The number of likely N-dealkylation sites (tertiary alicyclic amines) is 1. The number of rotatable bonds is 8. The van der Waals surface area contributed by atoms with Crippen LogP contribution in [0.25, 0.3) is 0 Å². The van der Waals surface area contributed by atoms with Crippen LogP contribution in [0.4, 0.5) is 0 Å². The van der Waals surface area contributed by atoms with Crippen molar-refractivity contribution < 1.29 is 29.0 Å². The van der Waals surface area contributed by atoms with E-state index in [2.05, 4.69) is 6.92 Å². The minimum atomic E-state index is -1.16. The Kier molecular flexibility index (Phi) is 6.48. The quantitative estimate of drug-likeness (QED) is 0.350. The fourth-order valence-corrected chi connectivity index (χ4v) is 5.38. The molecule has 8 heteroatoms. The summed E-state index contributed by atoms with van der Waals surface area (Å²) < 4.78 is 11.7. The van der Waals surface area contributed by atoms with Crippen molar-refractivity contribution in [1.29, 1.82) is 0 Å². The normalized spacial score (nSPS) is 34.3. The summed E-state index contributed by atoms with van der Waals surface area (Å²) in [4.78, 5) is 43.6. The van der Waals surface area contributed by atoms with Gasteiger partial charge in [-0.25, -0.2) is 0 Å². The van der Waals surface area contributed by atoms with Crippen LogP contribution in [-0.2, 0) is 23.9 Å². The van der Waals surface area contributed by atoms with E-state index in [0.717, 1.165) is 19.3 Å². The molecule has 4 aliphatic rings. The first-order valence-corrected chi connectivity index (χ1v) is 11.4. The van der Waals surface area contributed by atoms with Crippen molar-refractivity contribution in [2.45, 2.75) is 56.8 Å². The number of carbonyl (C=O) groups excluding carboxylic acids is 3. The summed E-state index contributed by atoms with van der Waals surface area (Å²) in [5.41, 5.74) is -1.16. The molecule has 2 saturated heterocycles. The molecule has 1 spiro atoms. The predicted octanol–water partition coefficient (Wildman–Crippen LogP) is 1.04. The van der Waals surface area contributed by atoms with Crippen molar-refractivity contribution in [3.05, 3.63) is 24.3 Å². The highest BCUT2D eigenvalue weighted by Crippen LogP contribution is 2.53. The second kappa shape index (κ2) is 9.12. The molecule has 2 amide bonds. The van der Waals surface area contributed by atoms with Gasteiger partial charge in [-0.05, 0) is 31.8 Å². The molecule has 5 atom stereocenters. The van der Waals surface area contributed by atoms with Gasteiger partial charge in [0.25, 0.3) is 0 Å². The third-order valence-electron chi connectivity index (χ3n) is 6.84. The summed E-state index contributed by atoms with van der Waals surface area (Å²) in [6.45, 7) is 3.83. The standard InChI is InChI=1S/C23H32N2O6/c1-2-3-11-24-12-8-10-23-18(17-16(31-23)9-7-15-30-22(17)29)20(27)25(19(23)21(24)28)13-5-4-6-14-26/h7-10,16-19,26H,2-6,11-15H2,1H3/t16-,17+,18-,19?,23-/m0/s1. The number of nitrogens with zero attached hydrogens (tertiary/aromatic N) is 2. The van der Waals surface area contributed by atoms with E-state index in [4.69, 9.17) is 14.6 Å². The Balaban J connectivity index is 1.71. The number of amides is 2. The molecule has 4 heterocycles. The molecule has 8 nitrogen and oxygen atoms in total. The van der Waals surface area contributed by atoms with Gasteiger partial charge in [0.2, 0.25) is 11.8 Å². The van der Waals surface area contributed by atoms with Gasteiger partial charge in [0.05, 0.1) is 12.0 Å². The van der Waals surface area contributed by atoms with Gasteiger partial charge in [-0.2, -0.15) is 0 Å². The summed E-state index contributed by atoms with van der Waals surface area (Å²) in [7, 11) is 0. The molecule has 2 fully saturated rings. The molecule has 1 N–H and O–H groups in total. The number of ether oxygens (including phenoxy) is 2. The molecule has 170 valence electrons. The lowest BCUT2D eigenvalue weighted by atomic mass is 9.78. The monoisotopic (exact) mass is 432 g/mol. The lowest BCUT2D eigenvalue weighted by Crippen LogP contribution is -2.55. The number of hydrogen-bond acceptors (Lipinski definition) is 6. The zero-order valence-electron chi connectivity index (χ0n) is 18.1. The van der Waals surface area contributed by atoms with Gasteiger partial charge >= 0.3 is 5.97 Å². The first kappa shape index (κ1) is 22.0. The number of carbonyl (C=O) groups is 3. The Morgan fingerprint density at radius 3 is 2.71 bits per heavy atom. The molecule has 0 aliphatic carbocycles. The lowest BCUT2D eigenvalue weighted by Gasteiger charge is -2.35.